The molecule has 2 aromatic rings. The molecule has 5 heteroatoms. The van der Waals surface area contributed by atoms with E-state index in [0.29, 0.717) is 5.52 Å². The number of benzene rings is 1. The lowest BCUT2D eigenvalue weighted by atomic mass is 9.96. The molecule has 2 N–H and O–H groups in total. The lowest BCUT2D eigenvalue weighted by Gasteiger charge is -2.21. The second kappa shape index (κ2) is 5.76. The number of hydrogen-bond donors (Lipinski definition) is 2. The van der Waals surface area contributed by atoms with Gasteiger partial charge in [0.25, 0.3) is 0 Å². The largest absolute Gasteiger partial charge is 0.478 e. The van der Waals surface area contributed by atoms with Crippen LogP contribution in [0.15, 0.2) is 23.0 Å². The third kappa shape index (κ3) is 2.73. The fourth-order valence-electron chi connectivity index (χ4n) is 3.32. The van der Waals surface area contributed by atoms with Crippen LogP contribution in [0.25, 0.3) is 11.0 Å². The van der Waals surface area contributed by atoms with Crippen LogP contribution in [0, 0.1) is 0 Å². The van der Waals surface area contributed by atoms with Gasteiger partial charge < -0.3 is 10.1 Å². The minimum absolute atomic E-state index is 0.127. The van der Waals surface area contributed by atoms with Crippen LogP contribution < -0.4 is 5.69 Å². The van der Waals surface area contributed by atoms with E-state index in [2.05, 4.69) is 4.98 Å². The van der Waals surface area contributed by atoms with Gasteiger partial charge in [-0.2, -0.15) is 0 Å². The van der Waals surface area contributed by atoms with Crippen LogP contribution in [0.4, 0.5) is 0 Å². The van der Waals surface area contributed by atoms with Crippen LogP contribution in [0.1, 0.15) is 61.3 Å². The zero-order valence-corrected chi connectivity index (χ0v) is 12.0. The van der Waals surface area contributed by atoms with Crippen LogP contribution >= 0.6 is 0 Å². The van der Waals surface area contributed by atoms with Crippen LogP contribution in [0.3, 0.4) is 0 Å². The van der Waals surface area contributed by atoms with Crippen molar-refractivity contribution < 1.29 is 9.90 Å². The maximum Gasteiger partial charge on any atom is 0.335 e. The Labute approximate surface area is 122 Å². The lowest BCUT2D eigenvalue weighted by molar-refractivity contribution is 0.0697. The van der Waals surface area contributed by atoms with E-state index in [-0.39, 0.29) is 17.3 Å². The number of fused-ring (bicyclic) bond motifs is 1. The number of carboxylic acids is 1. The molecule has 1 aliphatic rings. The van der Waals surface area contributed by atoms with E-state index in [0.717, 1.165) is 31.2 Å². The number of hydrogen-bond acceptors (Lipinski definition) is 2. The monoisotopic (exact) mass is 288 g/mol. The Kier molecular flexibility index (Phi) is 3.82. The Morgan fingerprint density at radius 3 is 2.48 bits per heavy atom. The molecule has 1 aromatic carbocycles. The fraction of sp³-hybridized carbons (Fsp3) is 0.500. The number of aromatic nitrogens is 2. The number of nitrogens with zero attached hydrogens (tertiary/aromatic N) is 1. The zero-order chi connectivity index (χ0) is 14.8. The molecule has 1 heterocycles. The maximum atomic E-state index is 12.3. The third-order valence-electron chi connectivity index (χ3n) is 4.40. The fourth-order valence-corrected chi connectivity index (χ4v) is 3.32. The van der Waals surface area contributed by atoms with E-state index in [4.69, 9.17) is 5.11 Å². The number of nitrogens with one attached hydrogen (secondary N) is 1. The highest BCUT2D eigenvalue weighted by Gasteiger charge is 2.19. The molecule has 1 aromatic heterocycles. The Morgan fingerprint density at radius 2 is 1.81 bits per heavy atom. The minimum atomic E-state index is -0.976. The predicted molar refractivity (Wildman–Crippen MR) is 80.9 cm³/mol. The molecule has 0 bridgehead atoms. The van der Waals surface area contributed by atoms with Crippen LogP contribution in [0.2, 0.25) is 0 Å². The van der Waals surface area contributed by atoms with E-state index < -0.39 is 5.97 Å². The molecule has 112 valence electrons. The lowest BCUT2D eigenvalue weighted by Crippen LogP contribution is -2.23. The van der Waals surface area contributed by atoms with Gasteiger partial charge in [-0.05, 0) is 31.0 Å². The van der Waals surface area contributed by atoms with Crippen molar-refractivity contribution in [1.29, 1.82) is 0 Å². The summed E-state index contributed by atoms with van der Waals surface area (Å²) in [4.78, 5) is 26.1. The molecule has 1 aliphatic carbocycles. The van der Waals surface area contributed by atoms with Crippen molar-refractivity contribution in [2.24, 2.45) is 0 Å². The second-order valence-corrected chi connectivity index (χ2v) is 5.84. The molecule has 1 saturated carbocycles. The van der Waals surface area contributed by atoms with Crippen molar-refractivity contribution in [2.75, 3.05) is 0 Å². The molecule has 0 amide bonds. The van der Waals surface area contributed by atoms with Crippen molar-refractivity contribution in [3.63, 3.8) is 0 Å². The van der Waals surface area contributed by atoms with Crippen LogP contribution in [-0.2, 0) is 0 Å². The number of aromatic amines is 1. The van der Waals surface area contributed by atoms with Crippen LogP contribution in [-0.4, -0.2) is 20.6 Å². The summed E-state index contributed by atoms with van der Waals surface area (Å²) in [5, 5.41) is 9.04. The molecule has 1 fully saturated rings. The number of carboxylic acid groups (broad SMARTS) is 1. The second-order valence-electron chi connectivity index (χ2n) is 5.84. The average Bonchev–Trinajstić information content (AvgIpc) is 2.74. The van der Waals surface area contributed by atoms with E-state index in [9.17, 15) is 9.59 Å². The molecule has 21 heavy (non-hydrogen) atoms. The van der Waals surface area contributed by atoms with Crippen molar-refractivity contribution in [1.82, 2.24) is 9.55 Å². The summed E-state index contributed by atoms with van der Waals surface area (Å²) >= 11 is 0. The van der Waals surface area contributed by atoms with Gasteiger partial charge in [0, 0.05) is 6.04 Å². The van der Waals surface area contributed by atoms with E-state index in [1.807, 2.05) is 4.57 Å². The summed E-state index contributed by atoms with van der Waals surface area (Å²) in [6.07, 6.45) is 8.10. The molecule has 3 rings (SSSR count). The van der Waals surface area contributed by atoms with Gasteiger partial charge in [0.15, 0.2) is 0 Å². The highest BCUT2D eigenvalue weighted by atomic mass is 16.4. The van der Waals surface area contributed by atoms with Crippen molar-refractivity contribution in [2.45, 2.75) is 51.0 Å². The molecular weight excluding hydrogens is 268 g/mol. The first-order valence-electron chi connectivity index (χ1n) is 7.64. The first-order chi connectivity index (χ1) is 10.2. The molecule has 0 aliphatic heterocycles. The predicted octanol–water partition coefficient (Wildman–Crippen LogP) is 3.31. The minimum Gasteiger partial charge on any atom is -0.478 e. The highest BCUT2D eigenvalue weighted by Crippen LogP contribution is 2.28. The first-order valence-corrected chi connectivity index (χ1v) is 7.64. The Hall–Kier alpha value is -2.04. The molecule has 0 saturated heterocycles. The number of rotatable bonds is 2. The first kappa shape index (κ1) is 13.9. The van der Waals surface area contributed by atoms with E-state index in [1.54, 1.807) is 18.2 Å². The van der Waals surface area contributed by atoms with Gasteiger partial charge in [-0.15, -0.1) is 0 Å². The summed E-state index contributed by atoms with van der Waals surface area (Å²) < 4.78 is 1.83. The molecule has 0 radical (unpaired) electrons. The number of aromatic carboxylic acids is 1. The van der Waals surface area contributed by atoms with Gasteiger partial charge in [0.1, 0.15) is 0 Å². The Balaban J connectivity index is 2.03. The standard InChI is InChI=1S/C16H20N2O3/c19-15(20)11-8-9-14-13(10-11)17-16(21)18(14)12-6-4-2-1-3-5-7-12/h8-10,12H,1-7H2,(H,17,21)(H,19,20). The van der Waals surface area contributed by atoms with Crippen molar-refractivity contribution in [3.05, 3.63) is 34.2 Å². The summed E-state index contributed by atoms with van der Waals surface area (Å²) in [6.45, 7) is 0. The van der Waals surface area contributed by atoms with Gasteiger partial charge in [-0.3, -0.25) is 4.57 Å². The van der Waals surface area contributed by atoms with Crippen LogP contribution in [0.5, 0.6) is 0 Å². The highest BCUT2D eigenvalue weighted by molar-refractivity contribution is 5.92. The molecule has 0 spiro atoms. The SMILES string of the molecule is O=C(O)c1ccc2c(c1)[nH]c(=O)n2C1CCCCCCC1. The van der Waals surface area contributed by atoms with Gasteiger partial charge in [0.05, 0.1) is 16.6 Å². The third-order valence-corrected chi connectivity index (χ3v) is 4.40. The van der Waals surface area contributed by atoms with Gasteiger partial charge in [-0.1, -0.05) is 32.1 Å². The zero-order valence-electron chi connectivity index (χ0n) is 12.0. The Bertz CT molecular complexity index is 706. The summed E-state index contributed by atoms with van der Waals surface area (Å²) in [5.74, 6) is -0.976. The molecule has 0 atom stereocenters. The van der Waals surface area contributed by atoms with E-state index in [1.165, 1.54) is 19.3 Å². The van der Waals surface area contributed by atoms with E-state index >= 15 is 0 Å². The quantitative estimate of drug-likeness (QED) is 0.890. The topological polar surface area (TPSA) is 75.1 Å². The number of carbonyl (C=O) groups is 1. The van der Waals surface area contributed by atoms with Gasteiger partial charge in [-0.25, -0.2) is 9.59 Å². The number of imidazole rings is 1. The van der Waals surface area contributed by atoms with Crippen molar-refractivity contribution in [3.8, 4) is 0 Å². The molecular formula is C16H20N2O3. The molecule has 5 nitrogen and oxygen atoms in total. The summed E-state index contributed by atoms with van der Waals surface area (Å²) in [6, 6.07) is 5.08. The maximum absolute atomic E-state index is 12.3. The Morgan fingerprint density at radius 1 is 1.14 bits per heavy atom. The molecule has 0 unspecified atom stereocenters. The summed E-state index contributed by atoms with van der Waals surface area (Å²) in [7, 11) is 0. The normalized spacial score (nSPS) is 17.5. The summed E-state index contributed by atoms with van der Waals surface area (Å²) in [5.41, 5.74) is 1.50. The smallest absolute Gasteiger partial charge is 0.335 e. The number of H-pyrrole nitrogens is 1. The van der Waals surface area contributed by atoms with Gasteiger partial charge in [0.2, 0.25) is 0 Å². The van der Waals surface area contributed by atoms with Crippen molar-refractivity contribution >= 4 is 17.0 Å². The van der Waals surface area contributed by atoms with Gasteiger partial charge >= 0.3 is 11.7 Å². The average molecular weight is 288 g/mol.